The summed E-state index contributed by atoms with van der Waals surface area (Å²) in [5.41, 5.74) is 1.50. The topological polar surface area (TPSA) is 90.8 Å². The van der Waals surface area contributed by atoms with Gasteiger partial charge in [-0.25, -0.2) is 19.9 Å². The molecule has 4 aromatic rings. The number of aromatic amines is 1. The number of anilines is 1. The molecule has 1 aliphatic rings. The number of imidazole rings is 1. The summed E-state index contributed by atoms with van der Waals surface area (Å²) in [5.74, 6) is 1.85. The quantitative estimate of drug-likeness (QED) is 0.556. The maximum atomic E-state index is 11.0. The van der Waals surface area contributed by atoms with E-state index < -0.39 is 5.60 Å². The monoisotopic (exact) mass is 392 g/mol. The normalized spacial score (nSPS) is 19.4. The van der Waals surface area contributed by atoms with E-state index in [0.29, 0.717) is 36.2 Å². The molecule has 140 valence electrons. The highest BCUT2D eigenvalue weighted by molar-refractivity contribution is 6.33. The van der Waals surface area contributed by atoms with Crippen molar-refractivity contribution >= 4 is 28.5 Å². The van der Waals surface area contributed by atoms with Crippen LogP contribution in [0, 0.1) is 0 Å². The molecule has 8 heteroatoms. The molecule has 1 fully saturated rings. The van der Waals surface area contributed by atoms with Crippen molar-refractivity contribution in [1.29, 1.82) is 0 Å². The van der Waals surface area contributed by atoms with Gasteiger partial charge in [-0.1, -0.05) is 23.7 Å². The summed E-state index contributed by atoms with van der Waals surface area (Å²) < 4.78 is 0. The van der Waals surface area contributed by atoms with Crippen molar-refractivity contribution < 1.29 is 5.11 Å². The number of pyridine rings is 1. The molecule has 0 spiro atoms. The molecule has 5 rings (SSSR count). The number of hydrogen-bond acceptors (Lipinski definition) is 6. The van der Waals surface area contributed by atoms with Gasteiger partial charge in [-0.3, -0.25) is 0 Å². The summed E-state index contributed by atoms with van der Waals surface area (Å²) in [7, 11) is 0. The van der Waals surface area contributed by atoms with Gasteiger partial charge in [0.25, 0.3) is 0 Å². The van der Waals surface area contributed by atoms with Gasteiger partial charge in [-0.05, 0) is 24.3 Å². The fourth-order valence-electron chi connectivity index (χ4n) is 3.57. The van der Waals surface area contributed by atoms with Crippen molar-refractivity contribution in [3.05, 3.63) is 65.8 Å². The van der Waals surface area contributed by atoms with Crippen LogP contribution in [-0.2, 0) is 5.60 Å². The Kier molecular flexibility index (Phi) is 3.99. The van der Waals surface area contributed by atoms with E-state index in [4.69, 9.17) is 11.6 Å². The predicted molar refractivity (Wildman–Crippen MR) is 107 cm³/mol. The van der Waals surface area contributed by atoms with E-state index >= 15 is 0 Å². The van der Waals surface area contributed by atoms with Gasteiger partial charge >= 0.3 is 0 Å². The second kappa shape index (κ2) is 6.54. The summed E-state index contributed by atoms with van der Waals surface area (Å²) in [4.78, 5) is 22.8. The molecule has 28 heavy (non-hydrogen) atoms. The number of rotatable bonds is 3. The van der Waals surface area contributed by atoms with E-state index in [1.807, 2.05) is 35.2 Å². The van der Waals surface area contributed by atoms with E-state index in [1.54, 1.807) is 24.7 Å². The van der Waals surface area contributed by atoms with E-state index in [0.717, 1.165) is 22.4 Å². The first-order valence-electron chi connectivity index (χ1n) is 8.98. The van der Waals surface area contributed by atoms with Crippen LogP contribution in [0.25, 0.3) is 22.4 Å². The lowest BCUT2D eigenvalue weighted by molar-refractivity contribution is 0.0510. The van der Waals surface area contributed by atoms with Crippen LogP contribution >= 0.6 is 11.6 Å². The summed E-state index contributed by atoms with van der Waals surface area (Å²) in [6, 6.07) is 11.5. The van der Waals surface area contributed by atoms with Gasteiger partial charge in [-0.15, -0.1) is 0 Å². The molecule has 1 aliphatic heterocycles. The molecule has 1 unspecified atom stereocenters. The Morgan fingerprint density at radius 2 is 1.93 bits per heavy atom. The number of nitrogens with one attached hydrogen (secondary N) is 1. The van der Waals surface area contributed by atoms with Crippen molar-refractivity contribution in [3.63, 3.8) is 0 Å². The Morgan fingerprint density at radius 1 is 1.11 bits per heavy atom. The van der Waals surface area contributed by atoms with Gasteiger partial charge in [0.05, 0.1) is 22.6 Å². The van der Waals surface area contributed by atoms with Crippen molar-refractivity contribution in [2.45, 2.75) is 12.0 Å². The third-order valence-corrected chi connectivity index (χ3v) is 5.34. The van der Waals surface area contributed by atoms with Gasteiger partial charge < -0.3 is 15.0 Å². The number of aromatic nitrogens is 5. The third-order valence-electron chi connectivity index (χ3n) is 5.04. The fraction of sp³-hybridized carbons (Fsp3) is 0.200. The number of hydrogen-bond donors (Lipinski definition) is 2. The molecule has 1 atom stereocenters. The maximum absolute atomic E-state index is 11.0. The van der Waals surface area contributed by atoms with Crippen LogP contribution in [0.3, 0.4) is 0 Å². The summed E-state index contributed by atoms with van der Waals surface area (Å²) >= 11 is 6.41. The third kappa shape index (κ3) is 2.89. The van der Waals surface area contributed by atoms with Gasteiger partial charge in [0, 0.05) is 37.1 Å². The number of para-hydroxylation sites is 2. The van der Waals surface area contributed by atoms with E-state index in [1.165, 1.54) is 0 Å². The zero-order valence-corrected chi connectivity index (χ0v) is 15.6. The number of nitrogens with zero attached hydrogens (tertiary/aromatic N) is 5. The lowest BCUT2D eigenvalue weighted by Crippen LogP contribution is -2.32. The van der Waals surface area contributed by atoms with Crippen molar-refractivity contribution in [1.82, 2.24) is 24.9 Å². The molecule has 0 amide bonds. The molecular weight excluding hydrogens is 376 g/mol. The smallest absolute Gasteiger partial charge is 0.161 e. The van der Waals surface area contributed by atoms with E-state index in [2.05, 4.69) is 24.9 Å². The van der Waals surface area contributed by atoms with Gasteiger partial charge in [0.15, 0.2) is 5.82 Å². The van der Waals surface area contributed by atoms with Crippen LogP contribution in [-0.4, -0.2) is 43.1 Å². The van der Waals surface area contributed by atoms with Crippen molar-refractivity contribution in [2.75, 3.05) is 18.0 Å². The molecule has 4 heterocycles. The lowest BCUT2D eigenvalue weighted by Gasteiger charge is -2.22. The second-order valence-electron chi connectivity index (χ2n) is 6.90. The SMILES string of the molecule is OC1(c2ncccn2)CCN(c2cc(-c3nc4ccccc4[nH]3)c(Cl)cn2)C1. The van der Waals surface area contributed by atoms with Crippen LogP contribution in [0.15, 0.2) is 55.0 Å². The highest BCUT2D eigenvalue weighted by Gasteiger charge is 2.40. The lowest BCUT2D eigenvalue weighted by atomic mass is 10.0. The molecule has 0 aliphatic carbocycles. The van der Waals surface area contributed by atoms with Crippen LogP contribution in [0.4, 0.5) is 5.82 Å². The fourth-order valence-corrected chi connectivity index (χ4v) is 3.77. The molecular formula is C20H17ClN6O. The first kappa shape index (κ1) is 17.1. The van der Waals surface area contributed by atoms with Crippen LogP contribution in [0.1, 0.15) is 12.2 Å². The van der Waals surface area contributed by atoms with E-state index in [9.17, 15) is 5.11 Å². The Bertz CT molecular complexity index is 1110. The highest BCUT2D eigenvalue weighted by atomic mass is 35.5. The van der Waals surface area contributed by atoms with Gasteiger partial charge in [0.1, 0.15) is 17.2 Å². The minimum atomic E-state index is -1.10. The Morgan fingerprint density at radius 3 is 2.75 bits per heavy atom. The molecule has 0 saturated carbocycles. The van der Waals surface area contributed by atoms with Crippen LogP contribution in [0.2, 0.25) is 5.02 Å². The predicted octanol–water partition coefficient (Wildman–Crippen LogP) is 3.17. The number of fused-ring (bicyclic) bond motifs is 1. The number of halogens is 1. The number of benzene rings is 1. The average Bonchev–Trinajstić information content (AvgIpc) is 3.34. The Labute approximate surface area is 166 Å². The minimum Gasteiger partial charge on any atom is -0.380 e. The zero-order chi connectivity index (χ0) is 19.1. The Hall–Kier alpha value is -3.03. The largest absolute Gasteiger partial charge is 0.380 e. The van der Waals surface area contributed by atoms with Gasteiger partial charge in [0.2, 0.25) is 0 Å². The van der Waals surface area contributed by atoms with Crippen molar-refractivity contribution in [3.8, 4) is 11.4 Å². The van der Waals surface area contributed by atoms with Crippen LogP contribution in [0.5, 0.6) is 0 Å². The zero-order valence-electron chi connectivity index (χ0n) is 14.9. The maximum Gasteiger partial charge on any atom is 0.161 e. The van der Waals surface area contributed by atoms with E-state index in [-0.39, 0.29) is 0 Å². The standard InChI is InChI=1S/C20H17ClN6O/c21-14-11-24-17(10-13(14)18-25-15-4-1-2-5-16(15)26-18)27-9-6-20(28,12-27)19-22-7-3-8-23-19/h1-5,7-8,10-11,28H,6,9,12H2,(H,25,26). The van der Waals surface area contributed by atoms with Crippen LogP contribution < -0.4 is 4.90 Å². The summed E-state index contributed by atoms with van der Waals surface area (Å²) in [6.45, 7) is 1.01. The average molecular weight is 393 g/mol. The highest BCUT2D eigenvalue weighted by Crippen LogP contribution is 2.35. The molecule has 1 saturated heterocycles. The molecule has 0 radical (unpaired) electrons. The second-order valence-corrected chi connectivity index (χ2v) is 7.31. The van der Waals surface area contributed by atoms with Crippen molar-refractivity contribution in [2.24, 2.45) is 0 Å². The minimum absolute atomic E-state index is 0.366. The molecule has 7 nitrogen and oxygen atoms in total. The number of aliphatic hydroxyl groups is 1. The number of β-amino-alcohol motifs (C(OH)–C–C–N with tert-alkyl or cyclic N) is 1. The summed E-state index contributed by atoms with van der Waals surface area (Å²) in [5, 5.41) is 11.5. The molecule has 1 aromatic carbocycles. The molecule has 0 bridgehead atoms. The van der Waals surface area contributed by atoms with Gasteiger partial charge in [-0.2, -0.15) is 0 Å². The first-order valence-corrected chi connectivity index (χ1v) is 9.36. The molecule has 2 N–H and O–H groups in total. The Balaban J connectivity index is 1.48. The first-order chi connectivity index (χ1) is 13.6. The number of H-pyrrole nitrogens is 1. The molecule has 3 aromatic heterocycles. The summed E-state index contributed by atoms with van der Waals surface area (Å²) in [6.07, 6.45) is 5.43.